The molecular formula is C12H11BrN4O. The van der Waals surface area contributed by atoms with Gasteiger partial charge in [-0.3, -0.25) is 14.8 Å². The van der Waals surface area contributed by atoms with Crippen LogP contribution in [0.4, 0.5) is 0 Å². The summed E-state index contributed by atoms with van der Waals surface area (Å²) in [6.07, 6.45) is 3.31. The summed E-state index contributed by atoms with van der Waals surface area (Å²) in [7, 11) is 0. The summed E-state index contributed by atoms with van der Waals surface area (Å²) in [4.78, 5) is 24.1. The normalized spacial score (nSPS) is 10.1. The highest BCUT2D eigenvalue weighted by atomic mass is 79.9. The number of carbonyl (C=O) groups excluding carboxylic acids is 1. The molecule has 2 aromatic heterocycles. The number of amides is 1. The number of pyridine rings is 1. The van der Waals surface area contributed by atoms with Gasteiger partial charge in [-0.05, 0) is 35.0 Å². The number of aryl methyl sites for hydroxylation is 1. The largest absolute Gasteiger partial charge is 0.345 e. The Balaban J connectivity index is 1.98. The molecule has 0 aromatic carbocycles. The number of halogens is 1. The second-order valence-corrected chi connectivity index (χ2v) is 4.49. The van der Waals surface area contributed by atoms with Crippen LogP contribution >= 0.6 is 15.9 Å². The summed E-state index contributed by atoms with van der Waals surface area (Å²) in [5.74, 6) is -0.237. The van der Waals surface area contributed by atoms with Gasteiger partial charge in [-0.15, -0.1) is 0 Å². The Kier molecular flexibility index (Phi) is 3.99. The van der Waals surface area contributed by atoms with E-state index in [9.17, 15) is 4.79 Å². The zero-order chi connectivity index (χ0) is 13.0. The maximum Gasteiger partial charge on any atom is 0.270 e. The number of nitrogens with zero attached hydrogens (tertiary/aromatic N) is 3. The molecule has 0 aliphatic rings. The maximum absolute atomic E-state index is 11.8. The third-order valence-electron chi connectivity index (χ3n) is 2.21. The summed E-state index contributed by atoms with van der Waals surface area (Å²) < 4.78 is 0.630. The molecule has 0 spiro atoms. The predicted octanol–water partition coefficient (Wildman–Crippen LogP) is 1.87. The molecule has 18 heavy (non-hydrogen) atoms. The second kappa shape index (κ2) is 5.68. The standard InChI is InChI=1S/C12H11BrN4O/c1-8-5-15-9(6-14-8)7-16-12(18)10-3-2-4-11(13)17-10/h2-6H,7H2,1H3,(H,16,18). The molecule has 0 aliphatic heterocycles. The van der Waals surface area contributed by atoms with Gasteiger partial charge in [0.15, 0.2) is 0 Å². The van der Waals surface area contributed by atoms with Gasteiger partial charge in [0.25, 0.3) is 5.91 Å². The summed E-state index contributed by atoms with van der Waals surface area (Å²) in [5.41, 5.74) is 1.92. The zero-order valence-corrected chi connectivity index (χ0v) is 11.3. The van der Waals surface area contributed by atoms with E-state index in [4.69, 9.17) is 0 Å². The Bertz CT molecular complexity index is 556. The fraction of sp³-hybridized carbons (Fsp3) is 0.167. The first-order chi connectivity index (χ1) is 8.65. The van der Waals surface area contributed by atoms with Gasteiger partial charge in [0.1, 0.15) is 10.3 Å². The first-order valence-corrected chi connectivity index (χ1v) is 6.13. The predicted molar refractivity (Wildman–Crippen MR) is 69.9 cm³/mol. The molecule has 0 saturated carbocycles. The van der Waals surface area contributed by atoms with Gasteiger partial charge in [-0.1, -0.05) is 6.07 Å². The van der Waals surface area contributed by atoms with Crippen LogP contribution in [0.15, 0.2) is 35.2 Å². The average Bonchev–Trinajstić information content (AvgIpc) is 2.38. The van der Waals surface area contributed by atoms with E-state index in [1.807, 2.05) is 6.92 Å². The molecular weight excluding hydrogens is 296 g/mol. The minimum absolute atomic E-state index is 0.237. The lowest BCUT2D eigenvalue weighted by atomic mass is 10.3. The summed E-state index contributed by atoms with van der Waals surface area (Å²) >= 11 is 3.22. The van der Waals surface area contributed by atoms with Crippen LogP contribution in [0.5, 0.6) is 0 Å². The summed E-state index contributed by atoms with van der Waals surface area (Å²) in [6, 6.07) is 5.18. The van der Waals surface area contributed by atoms with Crippen molar-refractivity contribution < 1.29 is 4.79 Å². The zero-order valence-electron chi connectivity index (χ0n) is 9.72. The van der Waals surface area contributed by atoms with E-state index in [-0.39, 0.29) is 5.91 Å². The fourth-order valence-corrected chi connectivity index (χ4v) is 1.65. The minimum Gasteiger partial charge on any atom is -0.345 e. The average molecular weight is 307 g/mol. The molecule has 2 rings (SSSR count). The van der Waals surface area contributed by atoms with Gasteiger partial charge in [0.2, 0.25) is 0 Å². The third-order valence-corrected chi connectivity index (χ3v) is 2.65. The van der Waals surface area contributed by atoms with E-state index < -0.39 is 0 Å². The first-order valence-electron chi connectivity index (χ1n) is 5.33. The Morgan fingerprint density at radius 1 is 1.33 bits per heavy atom. The van der Waals surface area contributed by atoms with E-state index >= 15 is 0 Å². The number of nitrogens with one attached hydrogen (secondary N) is 1. The second-order valence-electron chi connectivity index (χ2n) is 3.68. The van der Waals surface area contributed by atoms with Crippen molar-refractivity contribution in [1.82, 2.24) is 20.3 Å². The first kappa shape index (κ1) is 12.6. The van der Waals surface area contributed by atoms with Crippen molar-refractivity contribution in [3.05, 3.63) is 52.3 Å². The fourth-order valence-electron chi connectivity index (χ4n) is 1.31. The minimum atomic E-state index is -0.237. The number of aromatic nitrogens is 3. The van der Waals surface area contributed by atoms with Crippen LogP contribution in [0.2, 0.25) is 0 Å². The number of hydrogen-bond donors (Lipinski definition) is 1. The lowest BCUT2D eigenvalue weighted by Crippen LogP contribution is -2.24. The Labute approximate surface area is 113 Å². The maximum atomic E-state index is 11.8. The Morgan fingerprint density at radius 3 is 2.83 bits per heavy atom. The Hall–Kier alpha value is -1.82. The molecule has 0 fully saturated rings. The topological polar surface area (TPSA) is 67.8 Å². The molecule has 2 aromatic rings. The Morgan fingerprint density at radius 2 is 2.17 bits per heavy atom. The quantitative estimate of drug-likeness (QED) is 0.879. The van der Waals surface area contributed by atoms with Crippen LogP contribution in [0.1, 0.15) is 21.9 Å². The smallest absolute Gasteiger partial charge is 0.270 e. The van der Waals surface area contributed by atoms with Crippen LogP contribution < -0.4 is 5.32 Å². The van der Waals surface area contributed by atoms with Crippen molar-refractivity contribution in [2.24, 2.45) is 0 Å². The molecule has 1 amide bonds. The van der Waals surface area contributed by atoms with E-state index in [1.165, 1.54) is 0 Å². The van der Waals surface area contributed by atoms with Crippen LogP contribution in [0.3, 0.4) is 0 Å². The molecule has 0 bridgehead atoms. The van der Waals surface area contributed by atoms with Crippen molar-refractivity contribution in [3.8, 4) is 0 Å². The lowest BCUT2D eigenvalue weighted by Gasteiger charge is -2.04. The highest BCUT2D eigenvalue weighted by molar-refractivity contribution is 9.10. The van der Waals surface area contributed by atoms with Crippen molar-refractivity contribution in [3.63, 3.8) is 0 Å². The van der Waals surface area contributed by atoms with E-state index in [0.717, 1.165) is 5.69 Å². The molecule has 2 heterocycles. The van der Waals surface area contributed by atoms with Crippen molar-refractivity contribution in [2.45, 2.75) is 13.5 Å². The van der Waals surface area contributed by atoms with Crippen molar-refractivity contribution in [2.75, 3.05) is 0 Å². The molecule has 92 valence electrons. The number of rotatable bonds is 3. The SMILES string of the molecule is Cc1cnc(CNC(=O)c2cccc(Br)n2)cn1. The number of hydrogen-bond acceptors (Lipinski definition) is 4. The van der Waals surface area contributed by atoms with Gasteiger partial charge in [0, 0.05) is 6.20 Å². The molecule has 1 N–H and O–H groups in total. The molecule has 0 aliphatic carbocycles. The van der Waals surface area contributed by atoms with Gasteiger partial charge in [-0.2, -0.15) is 0 Å². The molecule has 0 saturated heterocycles. The third kappa shape index (κ3) is 3.33. The van der Waals surface area contributed by atoms with Crippen molar-refractivity contribution in [1.29, 1.82) is 0 Å². The van der Waals surface area contributed by atoms with Crippen LogP contribution in [0, 0.1) is 6.92 Å². The van der Waals surface area contributed by atoms with Gasteiger partial charge in [-0.25, -0.2) is 4.98 Å². The summed E-state index contributed by atoms with van der Waals surface area (Å²) in [5, 5.41) is 2.74. The van der Waals surface area contributed by atoms with E-state index in [0.29, 0.717) is 22.5 Å². The van der Waals surface area contributed by atoms with E-state index in [2.05, 4.69) is 36.2 Å². The number of carbonyl (C=O) groups is 1. The van der Waals surface area contributed by atoms with Gasteiger partial charge < -0.3 is 5.32 Å². The van der Waals surface area contributed by atoms with Crippen molar-refractivity contribution >= 4 is 21.8 Å². The summed E-state index contributed by atoms with van der Waals surface area (Å²) in [6.45, 7) is 2.20. The monoisotopic (exact) mass is 306 g/mol. The van der Waals surface area contributed by atoms with E-state index in [1.54, 1.807) is 30.6 Å². The van der Waals surface area contributed by atoms with Crippen LogP contribution in [-0.2, 0) is 6.54 Å². The highest BCUT2D eigenvalue weighted by Crippen LogP contribution is 2.06. The molecule has 0 atom stereocenters. The van der Waals surface area contributed by atoms with Gasteiger partial charge >= 0.3 is 0 Å². The van der Waals surface area contributed by atoms with Gasteiger partial charge in [0.05, 0.1) is 24.1 Å². The molecule has 6 heteroatoms. The lowest BCUT2D eigenvalue weighted by molar-refractivity contribution is 0.0945. The molecule has 5 nitrogen and oxygen atoms in total. The highest BCUT2D eigenvalue weighted by Gasteiger charge is 2.07. The molecule has 0 radical (unpaired) electrons. The van der Waals surface area contributed by atoms with Crippen LogP contribution in [-0.4, -0.2) is 20.9 Å². The molecule has 0 unspecified atom stereocenters. The van der Waals surface area contributed by atoms with Crippen LogP contribution in [0.25, 0.3) is 0 Å².